The first-order valence-electron chi connectivity index (χ1n) is 7.89. The van der Waals surface area contributed by atoms with Gasteiger partial charge in [0.2, 0.25) is 0 Å². The summed E-state index contributed by atoms with van der Waals surface area (Å²) in [5.74, 6) is -3.51. The van der Waals surface area contributed by atoms with Gasteiger partial charge in [-0.05, 0) is 31.2 Å². The molecule has 0 unspecified atom stereocenters. The van der Waals surface area contributed by atoms with E-state index in [2.05, 4.69) is 5.32 Å². The molecule has 0 radical (unpaired) electrons. The van der Waals surface area contributed by atoms with E-state index in [9.17, 15) is 18.0 Å². The van der Waals surface area contributed by atoms with Crippen molar-refractivity contribution in [1.82, 2.24) is 5.32 Å². The summed E-state index contributed by atoms with van der Waals surface area (Å²) in [5, 5.41) is 3.88. The number of hydrogen-bond donors (Lipinski definition) is 2. The molecule has 150 valence electrons. The third-order valence-electron chi connectivity index (χ3n) is 3.57. The summed E-state index contributed by atoms with van der Waals surface area (Å²) in [6.45, 7) is 2.25. The minimum atomic E-state index is -5.11. The maximum Gasteiger partial charge on any atom is 0.492 e. The zero-order valence-electron chi connectivity index (χ0n) is 14.2. The Bertz CT molecular complexity index is 860. The van der Waals surface area contributed by atoms with Crippen molar-refractivity contribution < 1.29 is 32.2 Å². The van der Waals surface area contributed by atoms with Crippen LogP contribution in [-0.2, 0) is 0 Å². The van der Waals surface area contributed by atoms with Crippen molar-refractivity contribution in [3.05, 3.63) is 46.4 Å². The first kappa shape index (κ1) is 20.2. The second-order valence-electron chi connectivity index (χ2n) is 5.57. The summed E-state index contributed by atoms with van der Waals surface area (Å²) < 4.78 is 55.9. The van der Waals surface area contributed by atoms with Crippen molar-refractivity contribution in [2.45, 2.75) is 19.0 Å². The fourth-order valence-electron chi connectivity index (χ4n) is 2.35. The maximum absolute atomic E-state index is 13.6. The topological polar surface area (TPSA) is 68.8 Å². The molecule has 0 bridgehead atoms. The third kappa shape index (κ3) is 4.00. The lowest BCUT2D eigenvalue weighted by Gasteiger charge is -2.29. The van der Waals surface area contributed by atoms with Crippen LogP contribution in [0.25, 0.3) is 0 Å². The molecule has 0 saturated carbocycles. The molecular weight excluding hydrogens is 424 g/mol. The van der Waals surface area contributed by atoms with Gasteiger partial charge in [0, 0.05) is 17.8 Å². The average molecular weight is 437 g/mol. The zero-order chi connectivity index (χ0) is 20.5. The number of ether oxygens (including phenoxy) is 3. The van der Waals surface area contributed by atoms with Crippen LogP contribution < -0.4 is 24.8 Å². The highest BCUT2D eigenvalue weighted by atomic mass is 35.5. The molecule has 0 aromatic heterocycles. The molecule has 0 atom stereocenters. The zero-order valence-corrected chi connectivity index (χ0v) is 15.7. The fourth-order valence-corrected chi connectivity index (χ4v) is 2.66. The van der Waals surface area contributed by atoms with Crippen LogP contribution in [-0.4, -0.2) is 24.7 Å². The van der Waals surface area contributed by atoms with Crippen LogP contribution in [0.1, 0.15) is 6.92 Å². The van der Waals surface area contributed by atoms with E-state index in [4.69, 9.17) is 37.4 Å². The van der Waals surface area contributed by atoms with Crippen molar-refractivity contribution in [1.29, 1.82) is 0 Å². The van der Waals surface area contributed by atoms with Crippen molar-refractivity contribution >= 4 is 34.9 Å². The summed E-state index contributed by atoms with van der Waals surface area (Å²) in [6.07, 6.45) is -5.11. The van der Waals surface area contributed by atoms with Gasteiger partial charge in [0.05, 0.1) is 16.7 Å². The molecule has 0 aliphatic carbocycles. The van der Waals surface area contributed by atoms with Crippen molar-refractivity contribution in [2.24, 2.45) is 0 Å². The number of fused-ring (bicyclic) bond motifs is 1. The van der Waals surface area contributed by atoms with Crippen molar-refractivity contribution in [3.8, 4) is 17.2 Å². The van der Waals surface area contributed by atoms with E-state index in [1.54, 1.807) is 24.4 Å². The predicted molar refractivity (Wildman–Crippen MR) is 96.3 cm³/mol. The molecule has 0 saturated heterocycles. The minimum absolute atomic E-state index is 0.0270. The standard InChI is InChI=1S/C17H13Cl2F3N2O4/c1-2-26-10-5-3-9(4-6-10)23-15(25)24-17(16(20,21)22)27-13-7-11(18)12(19)8-14(13)28-17/h3-8H,2H2,1H3,(H2,23,24,25). The fraction of sp³-hybridized carbons (Fsp3) is 0.235. The van der Waals surface area contributed by atoms with Gasteiger partial charge < -0.3 is 19.5 Å². The van der Waals surface area contributed by atoms with Gasteiger partial charge in [-0.1, -0.05) is 23.2 Å². The molecule has 3 rings (SSSR count). The number of alkyl halides is 3. The second-order valence-corrected chi connectivity index (χ2v) is 6.38. The van der Waals surface area contributed by atoms with Crippen LogP contribution in [0.2, 0.25) is 10.0 Å². The van der Waals surface area contributed by atoms with Gasteiger partial charge in [0.15, 0.2) is 11.5 Å². The summed E-state index contributed by atoms with van der Waals surface area (Å²) in [6, 6.07) is 6.98. The Balaban J connectivity index is 1.78. The molecule has 1 aliphatic rings. The Morgan fingerprint density at radius 1 is 1.11 bits per heavy atom. The van der Waals surface area contributed by atoms with Crippen LogP contribution >= 0.6 is 23.2 Å². The largest absolute Gasteiger partial charge is 0.494 e. The second kappa shape index (κ2) is 7.48. The van der Waals surface area contributed by atoms with E-state index in [0.717, 1.165) is 12.1 Å². The van der Waals surface area contributed by atoms with Crippen molar-refractivity contribution in [3.63, 3.8) is 0 Å². The third-order valence-corrected chi connectivity index (χ3v) is 4.29. The quantitative estimate of drug-likeness (QED) is 0.690. The van der Waals surface area contributed by atoms with Crippen LogP contribution in [0.4, 0.5) is 23.7 Å². The molecular formula is C17H13Cl2F3N2O4. The lowest BCUT2D eigenvalue weighted by atomic mass is 10.3. The van der Waals surface area contributed by atoms with Crippen LogP contribution in [0.5, 0.6) is 17.2 Å². The SMILES string of the molecule is CCOc1ccc(NC(=O)NC2(C(F)(F)F)Oc3cc(Cl)c(Cl)cc3O2)cc1. The van der Waals surface area contributed by atoms with Gasteiger partial charge in [0.25, 0.3) is 0 Å². The predicted octanol–water partition coefficient (Wildman–Crippen LogP) is 5.20. The Hall–Kier alpha value is -2.52. The average Bonchev–Trinajstić information content (AvgIpc) is 2.95. The summed E-state index contributed by atoms with van der Waals surface area (Å²) in [4.78, 5) is 12.2. The lowest BCUT2D eigenvalue weighted by molar-refractivity contribution is -0.317. The molecule has 1 aliphatic heterocycles. The van der Waals surface area contributed by atoms with Crippen LogP contribution in [0.15, 0.2) is 36.4 Å². The van der Waals surface area contributed by atoms with E-state index in [-0.39, 0.29) is 27.2 Å². The number of carbonyl (C=O) groups excluding carboxylic acids is 1. The molecule has 11 heteroatoms. The molecule has 2 aromatic carbocycles. The van der Waals surface area contributed by atoms with E-state index in [1.807, 2.05) is 0 Å². The molecule has 28 heavy (non-hydrogen) atoms. The smallest absolute Gasteiger partial charge is 0.492 e. The molecule has 2 N–H and O–H groups in total. The number of carbonyl (C=O) groups is 1. The highest BCUT2D eigenvalue weighted by molar-refractivity contribution is 6.42. The molecule has 0 spiro atoms. The monoisotopic (exact) mass is 436 g/mol. The summed E-state index contributed by atoms with van der Waals surface area (Å²) in [5.41, 5.74) is 0.236. The molecule has 1 heterocycles. The number of amides is 2. The Morgan fingerprint density at radius 2 is 1.64 bits per heavy atom. The number of hydrogen-bond acceptors (Lipinski definition) is 4. The molecule has 0 fully saturated rings. The first-order valence-corrected chi connectivity index (χ1v) is 8.65. The summed E-state index contributed by atoms with van der Waals surface area (Å²) >= 11 is 11.6. The highest BCUT2D eigenvalue weighted by Gasteiger charge is 2.65. The normalized spacial score (nSPS) is 14.5. The summed E-state index contributed by atoms with van der Waals surface area (Å²) in [7, 11) is 0. The van der Waals surface area contributed by atoms with Gasteiger partial charge in [-0.15, -0.1) is 0 Å². The van der Waals surface area contributed by atoms with Crippen LogP contribution in [0.3, 0.4) is 0 Å². The number of rotatable bonds is 4. The minimum Gasteiger partial charge on any atom is -0.494 e. The maximum atomic E-state index is 13.6. The van der Waals surface area contributed by atoms with E-state index >= 15 is 0 Å². The first-order chi connectivity index (χ1) is 13.1. The van der Waals surface area contributed by atoms with Gasteiger partial charge in [-0.3, -0.25) is 5.32 Å². The van der Waals surface area contributed by atoms with Gasteiger partial charge in [0.1, 0.15) is 5.75 Å². The lowest BCUT2D eigenvalue weighted by Crippen LogP contribution is -2.65. The molecule has 2 amide bonds. The number of nitrogens with one attached hydrogen (secondary N) is 2. The molecule has 2 aromatic rings. The Morgan fingerprint density at radius 3 is 2.11 bits per heavy atom. The van der Waals surface area contributed by atoms with E-state index in [1.165, 1.54) is 12.1 Å². The van der Waals surface area contributed by atoms with Crippen LogP contribution in [0, 0.1) is 0 Å². The highest BCUT2D eigenvalue weighted by Crippen LogP contribution is 2.47. The number of benzene rings is 2. The Kier molecular flexibility index (Phi) is 5.40. The van der Waals surface area contributed by atoms with Gasteiger partial charge >= 0.3 is 18.1 Å². The van der Waals surface area contributed by atoms with Gasteiger partial charge in [-0.2, -0.15) is 13.2 Å². The number of urea groups is 1. The molecule has 6 nitrogen and oxygen atoms in total. The number of anilines is 1. The van der Waals surface area contributed by atoms with E-state index < -0.39 is 18.1 Å². The number of halogens is 5. The van der Waals surface area contributed by atoms with Crippen molar-refractivity contribution in [2.75, 3.05) is 11.9 Å². The van der Waals surface area contributed by atoms with E-state index in [0.29, 0.717) is 12.4 Å². The Labute approximate surface area is 167 Å². The van der Waals surface area contributed by atoms with Gasteiger partial charge in [-0.25, -0.2) is 4.79 Å².